The molecule has 1 heterocycles. The molecule has 134 valence electrons. The van der Waals surface area contributed by atoms with Crippen LogP contribution < -0.4 is 14.8 Å². The van der Waals surface area contributed by atoms with Crippen LogP contribution in [-0.2, 0) is 4.79 Å². The van der Waals surface area contributed by atoms with Crippen molar-refractivity contribution in [2.24, 2.45) is 4.99 Å². The summed E-state index contributed by atoms with van der Waals surface area (Å²) in [6.07, 6.45) is 1.61. The van der Waals surface area contributed by atoms with Gasteiger partial charge in [0.15, 0.2) is 16.7 Å². The molecule has 7 heteroatoms. The number of ether oxygens (including phenoxy) is 2. The molecule has 1 saturated heterocycles. The van der Waals surface area contributed by atoms with E-state index in [1.54, 1.807) is 24.3 Å². The molecule has 2 aromatic carbocycles. The highest BCUT2D eigenvalue weighted by Gasteiger charge is 2.24. The number of thioether (sulfide) groups is 1. The van der Waals surface area contributed by atoms with Crippen LogP contribution in [0.5, 0.6) is 17.2 Å². The first-order valence-corrected chi connectivity index (χ1v) is 8.80. The number of hydrogen-bond donors (Lipinski definition) is 2. The average molecular weight is 370 g/mol. The van der Waals surface area contributed by atoms with E-state index < -0.39 is 0 Å². The van der Waals surface area contributed by atoms with Gasteiger partial charge >= 0.3 is 0 Å². The lowest BCUT2D eigenvalue weighted by Crippen LogP contribution is -2.19. The second-order valence-corrected chi connectivity index (χ2v) is 6.34. The first kappa shape index (κ1) is 17.9. The third-order valence-corrected chi connectivity index (χ3v) is 4.48. The van der Waals surface area contributed by atoms with Crippen molar-refractivity contribution in [3.8, 4) is 17.2 Å². The number of amidine groups is 1. The maximum Gasteiger partial charge on any atom is 0.264 e. The van der Waals surface area contributed by atoms with Gasteiger partial charge in [-0.2, -0.15) is 0 Å². The van der Waals surface area contributed by atoms with Crippen molar-refractivity contribution in [1.82, 2.24) is 5.32 Å². The number of rotatable bonds is 5. The minimum absolute atomic E-state index is 0.00667. The van der Waals surface area contributed by atoms with E-state index in [0.29, 0.717) is 33.7 Å². The summed E-state index contributed by atoms with van der Waals surface area (Å²) < 4.78 is 10.5. The number of carbonyl (C=O) groups is 1. The highest BCUT2D eigenvalue weighted by Crippen LogP contribution is 2.34. The van der Waals surface area contributed by atoms with Gasteiger partial charge in [-0.05, 0) is 55.1 Å². The normalized spacial score (nSPS) is 16.8. The number of amides is 1. The minimum Gasteiger partial charge on any atom is -0.504 e. The number of hydrogen-bond acceptors (Lipinski definition) is 6. The van der Waals surface area contributed by atoms with Gasteiger partial charge in [-0.25, -0.2) is 4.99 Å². The lowest BCUT2D eigenvalue weighted by atomic mass is 10.1. The number of aliphatic imine (C=N–C) groups is 1. The molecule has 0 spiro atoms. The smallest absolute Gasteiger partial charge is 0.264 e. The van der Waals surface area contributed by atoms with Gasteiger partial charge < -0.3 is 19.9 Å². The van der Waals surface area contributed by atoms with Gasteiger partial charge in [-0.3, -0.25) is 4.79 Å². The summed E-state index contributed by atoms with van der Waals surface area (Å²) in [4.78, 5) is 17.0. The van der Waals surface area contributed by atoms with Crippen LogP contribution in [0.4, 0.5) is 5.69 Å². The number of phenols is 1. The van der Waals surface area contributed by atoms with Crippen molar-refractivity contribution in [3.63, 3.8) is 0 Å². The molecular weight excluding hydrogens is 352 g/mol. The Morgan fingerprint density at radius 2 is 2.00 bits per heavy atom. The Balaban J connectivity index is 1.80. The second-order valence-electron chi connectivity index (χ2n) is 5.31. The predicted octanol–water partition coefficient (Wildman–Crippen LogP) is 3.69. The van der Waals surface area contributed by atoms with Gasteiger partial charge in [-0.1, -0.05) is 12.1 Å². The Morgan fingerprint density at radius 1 is 1.23 bits per heavy atom. The number of nitrogens with zero attached hydrogens (tertiary/aromatic N) is 1. The maximum absolute atomic E-state index is 12.2. The molecule has 2 aromatic rings. The van der Waals surface area contributed by atoms with Gasteiger partial charge in [0.2, 0.25) is 0 Å². The van der Waals surface area contributed by atoms with E-state index in [0.717, 1.165) is 5.75 Å². The van der Waals surface area contributed by atoms with Crippen molar-refractivity contribution in [2.75, 3.05) is 13.7 Å². The monoisotopic (exact) mass is 370 g/mol. The number of aromatic hydroxyl groups is 1. The molecule has 0 unspecified atom stereocenters. The molecule has 1 aliphatic heterocycles. The van der Waals surface area contributed by atoms with Crippen LogP contribution >= 0.6 is 11.8 Å². The van der Waals surface area contributed by atoms with E-state index in [1.807, 2.05) is 31.2 Å². The number of benzene rings is 2. The zero-order valence-corrected chi connectivity index (χ0v) is 15.2. The zero-order valence-electron chi connectivity index (χ0n) is 14.4. The molecule has 1 aliphatic rings. The van der Waals surface area contributed by atoms with E-state index in [2.05, 4.69) is 10.3 Å². The van der Waals surface area contributed by atoms with Crippen molar-refractivity contribution in [3.05, 3.63) is 52.9 Å². The lowest BCUT2D eigenvalue weighted by Gasteiger charge is -2.05. The molecular formula is C19H18N2O4S. The van der Waals surface area contributed by atoms with Gasteiger partial charge in [0.25, 0.3) is 5.91 Å². The van der Waals surface area contributed by atoms with Crippen molar-refractivity contribution >= 4 is 34.6 Å². The number of methoxy groups -OCH3 is 1. The summed E-state index contributed by atoms with van der Waals surface area (Å²) in [6, 6.07) is 12.4. The first-order chi connectivity index (χ1) is 12.6. The number of nitrogens with one attached hydrogen (secondary N) is 1. The Morgan fingerprint density at radius 3 is 2.69 bits per heavy atom. The lowest BCUT2D eigenvalue weighted by molar-refractivity contribution is -0.115. The van der Waals surface area contributed by atoms with E-state index in [4.69, 9.17) is 9.47 Å². The topological polar surface area (TPSA) is 80.2 Å². The molecule has 0 saturated carbocycles. The van der Waals surface area contributed by atoms with Crippen molar-refractivity contribution < 1.29 is 19.4 Å². The molecule has 0 bridgehead atoms. The second kappa shape index (κ2) is 7.97. The van der Waals surface area contributed by atoms with Crippen LogP contribution in [0.3, 0.4) is 0 Å². The van der Waals surface area contributed by atoms with Gasteiger partial charge in [0.1, 0.15) is 5.75 Å². The maximum atomic E-state index is 12.2. The van der Waals surface area contributed by atoms with Crippen LogP contribution in [-0.4, -0.2) is 29.9 Å². The van der Waals surface area contributed by atoms with Gasteiger partial charge in [0, 0.05) is 5.56 Å². The molecule has 0 aliphatic carbocycles. The zero-order chi connectivity index (χ0) is 18.5. The summed E-state index contributed by atoms with van der Waals surface area (Å²) in [7, 11) is 1.48. The molecule has 3 rings (SSSR count). The molecule has 0 atom stereocenters. The van der Waals surface area contributed by atoms with Crippen LogP contribution in [0.25, 0.3) is 6.08 Å². The average Bonchev–Trinajstić information content (AvgIpc) is 2.98. The molecule has 6 nitrogen and oxygen atoms in total. The summed E-state index contributed by atoms with van der Waals surface area (Å²) in [5, 5.41) is 13.4. The number of phenolic OH excluding ortho intramolecular Hbond substituents is 1. The summed E-state index contributed by atoms with van der Waals surface area (Å²) in [5.41, 5.74) is 1.21. The van der Waals surface area contributed by atoms with E-state index >= 15 is 0 Å². The Labute approximate surface area is 155 Å². The fraction of sp³-hybridized carbons (Fsp3) is 0.158. The Hall–Kier alpha value is -2.93. The van der Waals surface area contributed by atoms with E-state index in [1.165, 1.54) is 18.9 Å². The first-order valence-electron chi connectivity index (χ1n) is 7.99. The highest BCUT2D eigenvalue weighted by molar-refractivity contribution is 8.18. The standard InChI is InChI=1S/C19H18N2O4S/c1-3-25-14-9-7-13(8-10-14)20-19-21-18(23)16(26-19)11-12-5-4-6-15(24-2)17(12)22/h4-11,22H,3H2,1-2H3,(H,20,21,23)/b16-11+. The van der Waals surface area contributed by atoms with Crippen LogP contribution in [0, 0.1) is 0 Å². The molecule has 0 aromatic heterocycles. The molecule has 1 fully saturated rings. The Kier molecular flexibility index (Phi) is 5.48. The van der Waals surface area contributed by atoms with Crippen LogP contribution in [0.15, 0.2) is 52.4 Å². The fourth-order valence-corrected chi connectivity index (χ4v) is 3.18. The predicted molar refractivity (Wildman–Crippen MR) is 103 cm³/mol. The van der Waals surface area contributed by atoms with Crippen molar-refractivity contribution in [2.45, 2.75) is 6.92 Å². The van der Waals surface area contributed by atoms with Crippen LogP contribution in [0.1, 0.15) is 12.5 Å². The van der Waals surface area contributed by atoms with Crippen LogP contribution in [0.2, 0.25) is 0 Å². The Bertz CT molecular complexity index is 876. The number of carbonyl (C=O) groups excluding carboxylic acids is 1. The summed E-state index contributed by atoms with van der Waals surface area (Å²) in [5.74, 6) is 0.856. The van der Waals surface area contributed by atoms with Gasteiger partial charge in [-0.15, -0.1) is 0 Å². The highest BCUT2D eigenvalue weighted by atomic mass is 32.2. The molecule has 2 N–H and O–H groups in total. The van der Waals surface area contributed by atoms with E-state index in [9.17, 15) is 9.90 Å². The molecule has 1 amide bonds. The fourth-order valence-electron chi connectivity index (χ4n) is 2.34. The third kappa shape index (κ3) is 4.00. The van der Waals surface area contributed by atoms with Gasteiger partial charge in [0.05, 0.1) is 24.3 Å². The molecule has 26 heavy (non-hydrogen) atoms. The molecule has 0 radical (unpaired) electrons. The van der Waals surface area contributed by atoms with E-state index in [-0.39, 0.29) is 11.7 Å². The summed E-state index contributed by atoms with van der Waals surface area (Å²) >= 11 is 1.21. The quantitative estimate of drug-likeness (QED) is 0.785. The van der Waals surface area contributed by atoms with Crippen molar-refractivity contribution in [1.29, 1.82) is 0 Å². The summed E-state index contributed by atoms with van der Waals surface area (Å²) in [6.45, 7) is 2.53. The third-order valence-electron chi connectivity index (χ3n) is 3.57. The SMILES string of the molecule is CCOc1ccc(N=C2NC(=O)/C(=C\c3cccc(OC)c3O)S2)cc1. The minimum atomic E-state index is -0.262. The number of para-hydroxylation sites is 1. The largest absolute Gasteiger partial charge is 0.504 e.